The van der Waals surface area contributed by atoms with Gasteiger partial charge in [0.1, 0.15) is 0 Å². The third kappa shape index (κ3) is 3.79. The summed E-state index contributed by atoms with van der Waals surface area (Å²) in [5, 5.41) is 4.16. The summed E-state index contributed by atoms with van der Waals surface area (Å²) in [6.45, 7) is 5.29. The first-order valence-electron chi connectivity index (χ1n) is 7.49. The van der Waals surface area contributed by atoms with Crippen LogP contribution < -0.4 is 10.2 Å². The minimum absolute atomic E-state index is 0.321. The molecular weight excluding hydrogens is 286 g/mol. The van der Waals surface area contributed by atoms with Crippen LogP contribution in [0.15, 0.2) is 18.5 Å². The van der Waals surface area contributed by atoms with E-state index in [0.717, 1.165) is 63.2 Å². The lowest BCUT2D eigenvalue weighted by Gasteiger charge is -2.36. The maximum Gasteiger partial charge on any atom is 0.225 e. The number of aromatic nitrogens is 2. The van der Waals surface area contributed by atoms with E-state index in [0.29, 0.717) is 6.10 Å². The molecule has 0 aromatic carbocycles. The summed E-state index contributed by atoms with van der Waals surface area (Å²) in [5.41, 5.74) is 0. The zero-order valence-corrected chi connectivity index (χ0v) is 12.9. The fourth-order valence-electron chi connectivity index (χ4n) is 2.68. The van der Waals surface area contributed by atoms with Gasteiger partial charge in [-0.05, 0) is 31.1 Å². The molecule has 2 saturated heterocycles. The van der Waals surface area contributed by atoms with Gasteiger partial charge < -0.3 is 19.9 Å². The fourth-order valence-corrected chi connectivity index (χ4v) is 2.95. The Hall–Kier alpha value is -1.47. The number of nitrogens with one attached hydrogen (secondary N) is 1. The van der Waals surface area contributed by atoms with Crippen molar-refractivity contribution in [2.75, 3.05) is 44.2 Å². The van der Waals surface area contributed by atoms with Crippen molar-refractivity contribution in [3.63, 3.8) is 0 Å². The van der Waals surface area contributed by atoms with E-state index in [1.807, 2.05) is 6.07 Å². The summed E-state index contributed by atoms with van der Waals surface area (Å²) >= 11 is 5.47. The Balaban J connectivity index is 1.43. The van der Waals surface area contributed by atoms with Gasteiger partial charge >= 0.3 is 0 Å². The van der Waals surface area contributed by atoms with Crippen LogP contribution in [0, 0.1) is 0 Å². The van der Waals surface area contributed by atoms with E-state index < -0.39 is 0 Å². The summed E-state index contributed by atoms with van der Waals surface area (Å²) < 4.78 is 5.60. The molecule has 2 aliphatic heterocycles. The zero-order valence-electron chi connectivity index (χ0n) is 12.1. The van der Waals surface area contributed by atoms with Crippen molar-refractivity contribution in [2.24, 2.45) is 0 Å². The number of hydrogen-bond donors (Lipinski definition) is 1. The van der Waals surface area contributed by atoms with Crippen molar-refractivity contribution in [2.45, 2.75) is 18.9 Å². The van der Waals surface area contributed by atoms with E-state index in [9.17, 15) is 0 Å². The smallest absolute Gasteiger partial charge is 0.225 e. The molecule has 114 valence electrons. The predicted molar refractivity (Wildman–Crippen MR) is 85.4 cm³/mol. The Kier molecular flexibility index (Phi) is 4.82. The molecule has 1 N–H and O–H groups in total. The summed E-state index contributed by atoms with van der Waals surface area (Å²) in [6, 6.07) is 1.84. The van der Waals surface area contributed by atoms with Gasteiger partial charge in [0, 0.05) is 51.7 Å². The van der Waals surface area contributed by atoms with E-state index in [4.69, 9.17) is 17.0 Å². The second-order valence-corrected chi connectivity index (χ2v) is 5.73. The van der Waals surface area contributed by atoms with Gasteiger partial charge in [0.15, 0.2) is 5.11 Å². The molecular formula is C14H21N5OS. The molecule has 2 aliphatic rings. The van der Waals surface area contributed by atoms with Crippen LogP contribution in [0.25, 0.3) is 0 Å². The first-order chi connectivity index (χ1) is 10.3. The predicted octanol–water partition coefficient (Wildman–Crippen LogP) is 0.652. The van der Waals surface area contributed by atoms with Crippen LogP contribution in [0.1, 0.15) is 12.8 Å². The molecule has 3 rings (SSSR count). The third-order valence-corrected chi connectivity index (χ3v) is 4.31. The molecule has 2 fully saturated rings. The van der Waals surface area contributed by atoms with Crippen LogP contribution in [0.3, 0.4) is 0 Å². The first-order valence-corrected chi connectivity index (χ1v) is 7.90. The minimum Gasteiger partial charge on any atom is -0.376 e. The maximum atomic E-state index is 5.60. The zero-order chi connectivity index (χ0) is 14.5. The average molecular weight is 307 g/mol. The topological polar surface area (TPSA) is 53.5 Å². The molecule has 0 bridgehead atoms. The Labute approximate surface area is 130 Å². The van der Waals surface area contributed by atoms with Gasteiger partial charge in [-0.3, -0.25) is 0 Å². The van der Waals surface area contributed by atoms with Crippen LogP contribution in [-0.2, 0) is 4.74 Å². The lowest BCUT2D eigenvalue weighted by molar-refractivity contribution is 0.113. The number of ether oxygens (including phenoxy) is 1. The van der Waals surface area contributed by atoms with E-state index in [-0.39, 0.29) is 0 Å². The molecule has 0 radical (unpaired) electrons. The van der Waals surface area contributed by atoms with Gasteiger partial charge in [0.25, 0.3) is 0 Å². The molecule has 1 aromatic rings. The average Bonchev–Trinajstić information content (AvgIpc) is 3.07. The number of anilines is 1. The monoisotopic (exact) mass is 307 g/mol. The molecule has 0 unspecified atom stereocenters. The number of nitrogens with zero attached hydrogens (tertiary/aromatic N) is 4. The summed E-state index contributed by atoms with van der Waals surface area (Å²) in [6.07, 6.45) is 6.18. The number of hydrogen-bond acceptors (Lipinski definition) is 5. The Morgan fingerprint density at radius 1 is 1.29 bits per heavy atom. The van der Waals surface area contributed by atoms with Crippen molar-refractivity contribution in [3.8, 4) is 0 Å². The number of thiocarbonyl (C=S) groups is 1. The van der Waals surface area contributed by atoms with Gasteiger partial charge in [-0.25, -0.2) is 9.97 Å². The Morgan fingerprint density at radius 2 is 2.05 bits per heavy atom. The van der Waals surface area contributed by atoms with E-state index in [1.54, 1.807) is 12.4 Å². The number of rotatable bonds is 3. The third-order valence-electron chi connectivity index (χ3n) is 3.91. The number of piperazine rings is 1. The van der Waals surface area contributed by atoms with Crippen molar-refractivity contribution in [3.05, 3.63) is 18.5 Å². The van der Waals surface area contributed by atoms with Gasteiger partial charge in [0.2, 0.25) is 5.95 Å². The summed E-state index contributed by atoms with van der Waals surface area (Å²) in [5.74, 6) is 0.801. The molecule has 1 aromatic heterocycles. The Bertz CT molecular complexity index is 458. The van der Waals surface area contributed by atoms with Crippen LogP contribution in [0.5, 0.6) is 0 Å². The van der Waals surface area contributed by atoms with Gasteiger partial charge in [-0.2, -0.15) is 0 Å². The highest BCUT2D eigenvalue weighted by molar-refractivity contribution is 7.80. The maximum absolute atomic E-state index is 5.60. The van der Waals surface area contributed by atoms with Gasteiger partial charge in [0.05, 0.1) is 6.10 Å². The molecule has 7 heteroatoms. The summed E-state index contributed by atoms with van der Waals surface area (Å²) in [7, 11) is 0. The molecule has 0 spiro atoms. The molecule has 0 amide bonds. The van der Waals surface area contributed by atoms with E-state index >= 15 is 0 Å². The van der Waals surface area contributed by atoms with E-state index in [1.165, 1.54) is 0 Å². The quantitative estimate of drug-likeness (QED) is 0.823. The van der Waals surface area contributed by atoms with Crippen LogP contribution in [0.4, 0.5) is 5.95 Å². The molecule has 6 nitrogen and oxygen atoms in total. The molecule has 0 aliphatic carbocycles. The van der Waals surface area contributed by atoms with Crippen molar-refractivity contribution < 1.29 is 4.74 Å². The van der Waals surface area contributed by atoms with Crippen molar-refractivity contribution in [1.82, 2.24) is 20.2 Å². The lowest BCUT2D eigenvalue weighted by Crippen LogP contribution is -2.52. The SMILES string of the molecule is S=C(NC[C@@H]1CCCO1)N1CCN(c2ncccn2)CC1. The Morgan fingerprint density at radius 3 is 2.71 bits per heavy atom. The van der Waals surface area contributed by atoms with E-state index in [2.05, 4.69) is 25.1 Å². The highest BCUT2D eigenvalue weighted by Crippen LogP contribution is 2.12. The van der Waals surface area contributed by atoms with Crippen LogP contribution in [0.2, 0.25) is 0 Å². The summed E-state index contributed by atoms with van der Waals surface area (Å²) in [4.78, 5) is 13.0. The highest BCUT2D eigenvalue weighted by atomic mass is 32.1. The lowest BCUT2D eigenvalue weighted by atomic mass is 10.2. The second-order valence-electron chi connectivity index (χ2n) is 5.34. The van der Waals surface area contributed by atoms with Crippen LogP contribution >= 0.6 is 12.2 Å². The second kappa shape index (κ2) is 7.00. The molecule has 21 heavy (non-hydrogen) atoms. The highest BCUT2D eigenvalue weighted by Gasteiger charge is 2.21. The molecule has 3 heterocycles. The minimum atomic E-state index is 0.321. The normalized spacial score (nSPS) is 22.4. The first kappa shape index (κ1) is 14.5. The van der Waals surface area contributed by atoms with Gasteiger partial charge in [-0.15, -0.1) is 0 Å². The molecule has 0 saturated carbocycles. The standard InChI is InChI=1S/C14H21N5OS/c21-14(17-11-12-3-1-10-20-12)19-8-6-18(7-9-19)13-15-4-2-5-16-13/h2,4-5,12H,1,3,6-11H2,(H,17,21)/t12-/m0/s1. The van der Waals surface area contributed by atoms with Crippen LogP contribution in [-0.4, -0.2) is 65.4 Å². The van der Waals surface area contributed by atoms with Gasteiger partial charge in [-0.1, -0.05) is 0 Å². The largest absolute Gasteiger partial charge is 0.376 e. The van der Waals surface area contributed by atoms with Crippen molar-refractivity contribution in [1.29, 1.82) is 0 Å². The molecule has 1 atom stereocenters. The fraction of sp³-hybridized carbons (Fsp3) is 0.643. The van der Waals surface area contributed by atoms with Crippen molar-refractivity contribution >= 4 is 23.3 Å².